The number of aryl methyl sites for hydroxylation is 1. The van der Waals surface area contributed by atoms with Gasteiger partial charge in [0.05, 0.1) is 10.5 Å². The lowest BCUT2D eigenvalue weighted by atomic mass is 10.3. The summed E-state index contributed by atoms with van der Waals surface area (Å²) >= 11 is 6.83. The van der Waals surface area contributed by atoms with Crippen molar-refractivity contribution in [2.24, 2.45) is 7.05 Å². The monoisotopic (exact) mass is 359 g/mol. The van der Waals surface area contributed by atoms with Crippen LogP contribution in [0, 0.1) is 0 Å². The van der Waals surface area contributed by atoms with Crippen molar-refractivity contribution in [3.05, 3.63) is 33.4 Å². The van der Waals surface area contributed by atoms with E-state index in [4.69, 9.17) is 0 Å². The Morgan fingerprint density at radius 2 is 2.18 bits per heavy atom. The Morgan fingerprint density at radius 3 is 2.76 bits per heavy atom. The largest absolute Gasteiger partial charge is 0.359 e. The van der Waals surface area contributed by atoms with E-state index in [-0.39, 0.29) is 6.04 Å². The second-order valence-corrected chi connectivity index (χ2v) is 5.42. The zero-order chi connectivity index (χ0) is 12.4. The quantitative estimate of drug-likeness (QED) is 0.914. The van der Waals surface area contributed by atoms with Crippen molar-refractivity contribution in [2.75, 3.05) is 5.32 Å². The van der Waals surface area contributed by atoms with Crippen molar-refractivity contribution in [3.63, 3.8) is 0 Å². The highest BCUT2D eigenvalue weighted by Crippen LogP contribution is 2.26. The highest BCUT2D eigenvalue weighted by Gasteiger charge is 2.13. The van der Waals surface area contributed by atoms with Crippen LogP contribution in [0.5, 0.6) is 0 Å². The molecule has 1 N–H and O–H groups in total. The van der Waals surface area contributed by atoms with Gasteiger partial charge in [0.2, 0.25) is 0 Å². The molecule has 2 heterocycles. The van der Waals surface area contributed by atoms with Crippen molar-refractivity contribution >= 4 is 37.7 Å². The maximum absolute atomic E-state index is 4.30. The smallest absolute Gasteiger partial charge is 0.154 e. The third-order valence-corrected chi connectivity index (χ3v) is 3.33. The molecule has 0 saturated carbocycles. The maximum Gasteiger partial charge on any atom is 0.154 e. The minimum atomic E-state index is 0.0347. The standard InChI is InChI=1S/C10H11Br2N5/c1-6(10-16-14-5-17(10)2)15-9-8(12)3-7(11)4-13-9/h3-6H,1-2H3,(H,13,15). The predicted molar refractivity (Wildman–Crippen MR) is 72.7 cm³/mol. The Hall–Kier alpha value is -0.950. The van der Waals surface area contributed by atoms with E-state index in [1.165, 1.54) is 0 Å². The van der Waals surface area contributed by atoms with Crippen LogP contribution in [0.25, 0.3) is 0 Å². The summed E-state index contributed by atoms with van der Waals surface area (Å²) in [7, 11) is 1.91. The number of halogens is 2. The summed E-state index contributed by atoms with van der Waals surface area (Å²) in [6, 6.07) is 1.98. The van der Waals surface area contributed by atoms with Gasteiger partial charge in [-0.15, -0.1) is 10.2 Å². The molecule has 0 aromatic carbocycles. The molecule has 7 heteroatoms. The van der Waals surface area contributed by atoms with Gasteiger partial charge in [-0.3, -0.25) is 0 Å². The van der Waals surface area contributed by atoms with Gasteiger partial charge in [-0.25, -0.2) is 4.98 Å². The Labute approximate surface area is 116 Å². The summed E-state index contributed by atoms with van der Waals surface area (Å²) in [5, 5.41) is 11.2. The molecule has 0 aliphatic carbocycles. The van der Waals surface area contributed by atoms with Gasteiger partial charge < -0.3 is 9.88 Å². The molecule has 0 aliphatic heterocycles. The average Bonchev–Trinajstić information content (AvgIpc) is 2.68. The lowest BCUT2D eigenvalue weighted by Gasteiger charge is -2.14. The molecule has 0 saturated heterocycles. The molecule has 1 unspecified atom stereocenters. The first-order chi connectivity index (χ1) is 8.08. The van der Waals surface area contributed by atoms with Crippen molar-refractivity contribution in [2.45, 2.75) is 13.0 Å². The van der Waals surface area contributed by atoms with E-state index in [2.05, 4.69) is 52.4 Å². The molecule has 0 spiro atoms. The van der Waals surface area contributed by atoms with Gasteiger partial charge >= 0.3 is 0 Å². The Bertz CT molecular complexity index is 525. The summed E-state index contributed by atoms with van der Waals surface area (Å²) in [6.07, 6.45) is 3.42. The summed E-state index contributed by atoms with van der Waals surface area (Å²) in [5.74, 6) is 1.64. The topological polar surface area (TPSA) is 55.6 Å². The minimum absolute atomic E-state index is 0.0347. The number of nitrogens with zero attached hydrogens (tertiary/aromatic N) is 4. The van der Waals surface area contributed by atoms with E-state index in [0.29, 0.717) is 0 Å². The normalized spacial score (nSPS) is 12.5. The highest BCUT2D eigenvalue weighted by atomic mass is 79.9. The van der Waals surface area contributed by atoms with Crippen LogP contribution in [0.15, 0.2) is 27.5 Å². The van der Waals surface area contributed by atoms with Gasteiger partial charge in [-0.1, -0.05) is 0 Å². The molecule has 0 amide bonds. The van der Waals surface area contributed by atoms with Crippen LogP contribution in [0.1, 0.15) is 18.8 Å². The molecular weight excluding hydrogens is 350 g/mol. The molecular formula is C10H11Br2N5. The molecule has 90 valence electrons. The van der Waals surface area contributed by atoms with E-state index < -0.39 is 0 Å². The number of hydrogen-bond acceptors (Lipinski definition) is 4. The van der Waals surface area contributed by atoms with Crippen molar-refractivity contribution in [1.29, 1.82) is 0 Å². The second-order valence-electron chi connectivity index (χ2n) is 3.65. The second kappa shape index (κ2) is 5.14. The van der Waals surface area contributed by atoms with E-state index in [1.54, 1.807) is 12.5 Å². The highest BCUT2D eigenvalue weighted by molar-refractivity contribution is 9.11. The molecule has 5 nitrogen and oxygen atoms in total. The molecule has 2 rings (SSSR count). The fourth-order valence-corrected chi connectivity index (χ4v) is 2.58. The van der Waals surface area contributed by atoms with Gasteiger partial charge in [0.1, 0.15) is 12.1 Å². The number of aromatic nitrogens is 4. The molecule has 1 atom stereocenters. The lowest BCUT2D eigenvalue weighted by molar-refractivity contribution is 0.716. The molecule has 0 bridgehead atoms. The summed E-state index contributed by atoms with van der Waals surface area (Å²) in [4.78, 5) is 4.30. The fraction of sp³-hybridized carbons (Fsp3) is 0.300. The third-order valence-electron chi connectivity index (χ3n) is 2.29. The first-order valence-corrected chi connectivity index (χ1v) is 6.58. The van der Waals surface area contributed by atoms with E-state index >= 15 is 0 Å². The third kappa shape index (κ3) is 2.84. The van der Waals surface area contributed by atoms with Gasteiger partial charge in [0.25, 0.3) is 0 Å². The average molecular weight is 361 g/mol. The lowest BCUT2D eigenvalue weighted by Crippen LogP contribution is -2.13. The van der Waals surface area contributed by atoms with Crippen LogP contribution in [0.4, 0.5) is 5.82 Å². The van der Waals surface area contributed by atoms with Crippen LogP contribution >= 0.6 is 31.9 Å². The zero-order valence-corrected chi connectivity index (χ0v) is 12.5. The summed E-state index contributed by atoms with van der Waals surface area (Å²) < 4.78 is 3.71. The van der Waals surface area contributed by atoms with Gasteiger partial charge in [-0.05, 0) is 44.8 Å². The Kier molecular flexibility index (Phi) is 3.78. The predicted octanol–water partition coefficient (Wildman–Crippen LogP) is 2.91. The van der Waals surface area contributed by atoms with Crippen molar-refractivity contribution in [1.82, 2.24) is 19.7 Å². The number of nitrogens with one attached hydrogen (secondary N) is 1. The SMILES string of the molecule is CC(Nc1ncc(Br)cc1Br)c1nncn1C. The van der Waals surface area contributed by atoms with Crippen LogP contribution in [-0.2, 0) is 7.05 Å². The molecule has 0 aliphatic rings. The molecule has 0 fully saturated rings. The van der Waals surface area contributed by atoms with Crippen LogP contribution in [-0.4, -0.2) is 19.7 Å². The van der Waals surface area contributed by atoms with Crippen molar-refractivity contribution < 1.29 is 0 Å². The minimum Gasteiger partial charge on any atom is -0.359 e. The Balaban J connectivity index is 2.19. The van der Waals surface area contributed by atoms with Crippen LogP contribution in [0.2, 0.25) is 0 Å². The van der Waals surface area contributed by atoms with Gasteiger partial charge in [-0.2, -0.15) is 0 Å². The number of rotatable bonds is 3. The van der Waals surface area contributed by atoms with E-state index in [9.17, 15) is 0 Å². The first-order valence-electron chi connectivity index (χ1n) is 4.99. The number of pyridine rings is 1. The van der Waals surface area contributed by atoms with Crippen LogP contribution < -0.4 is 5.32 Å². The molecule has 2 aromatic heterocycles. The fourth-order valence-electron chi connectivity index (χ4n) is 1.47. The number of hydrogen-bond donors (Lipinski definition) is 1. The molecule has 0 radical (unpaired) electrons. The van der Waals surface area contributed by atoms with Crippen LogP contribution in [0.3, 0.4) is 0 Å². The zero-order valence-electron chi connectivity index (χ0n) is 9.35. The summed E-state index contributed by atoms with van der Waals surface area (Å²) in [5.41, 5.74) is 0. The van der Waals surface area contributed by atoms with E-state index in [1.807, 2.05) is 24.6 Å². The molecule has 2 aromatic rings. The van der Waals surface area contributed by atoms with E-state index in [0.717, 1.165) is 20.6 Å². The number of anilines is 1. The molecule has 17 heavy (non-hydrogen) atoms. The van der Waals surface area contributed by atoms with Gasteiger partial charge in [0.15, 0.2) is 5.82 Å². The Morgan fingerprint density at radius 1 is 1.41 bits per heavy atom. The van der Waals surface area contributed by atoms with Crippen molar-refractivity contribution in [3.8, 4) is 0 Å². The maximum atomic E-state index is 4.30. The van der Waals surface area contributed by atoms with Gasteiger partial charge in [0, 0.05) is 17.7 Å². The summed E-state index contributed by atoms with van der Waals surface area (Å²) in [6.45, 7) is 2.01. The first kappa shape index (κ1) is 12.5.